The van der Waals surface area contributed by atoms with Gasteiger partial charge in [0.05, 0.1) is 12.2 Å². The van der Waals surface area contributed by atoms with Crippen LogP contribution in [0.5, 0.6) is 0 Å². The average Bonchev–Trinajstić information content (AvgIpc) is 2.28. The molecule has 0 radical (unpaired) electrons. The molecule has 0 bridgehead atoms. The van der Waals surface area contributed by atoms with Crippen molar-refractivity contribution in [2.75, 3.05) is 26.8 Å². The summed E-state index contributed by atoms with van der Waals surface area (Å²) in [5.41, 5.74) is -0.184. The lowest BCUT2D eigenvalue weighted by molar-refractivity contribution is -0.157. The summed E-state index contributed by atoms with van der Waals surface area (Å²) in [5, 5.41) is 8.94. The zero-order valence-electron chi connectivity index (χ0n) is 11.1. The number of rotatable bonds is 5. The second-order valence-corrected chi connectivity index (χ2v) is 5.21. The number of carbonyl (C=O) groups is 1. The second-order valence-electron chi connectivity index (χ2n) is 5.21. The topological polar surface area (TPSA) is 59.0 Å². The van der Waals surface area contributed by atoms with Crippen LogP contribution in [0.15, 0.2) is 0 Å². The minimum atomic E-state index is -0.882. The Labute approximate surface area is 103 Å². The molecule has 1 saturated heterocycles. The van der Waals surface area contributed by atoms with E-state index in [0.29, 0.717) is 13.2 Å². The van der Waals surface area contributed by atoms with E-state index in [4.69, 9.17) is 14.6 Å². The molecule has 17 heavy (non-hydrogen) atoms. The fourth-order valence-corrected chi connectivity index (χ4v) is 2.14. The van der Waals surface area contributed by atoms with Crippen LogP contribution in [0.25, 0.3) is 0 Å². The van der Waals surface area contributed by atoms with Crippen LogP contribution in [-0.2, 0) is 14.3 Å². The van der Waals surface area contributed by atoms with Gasteiger partial charge in [0.25, 0.3) is 0 Å². The zero-order valence-corrected chi connectivity index (χ0v) is 11.1. The molecule has 100 valence electrons. The second kappa shape index (κ2) is 5.80. The first kappa shape index (κ1) is 14.4. The maximum atomic E-state index is 10.9. The molecule has 1 rings (SSSR count). The number of carboxylic acids is 1. The predicted octanol–water partition coefficient (Wildman–Crippen LogP) is 0.975. The predicted molar refractivity (Wildman–Crippen MR) is 64.1 cm³/mol. The van der Waals surface area contributed by atoms with E-state index in [1.807, 2.05) is 13.8 Å². The smallest absolute Gasteiger partial charge is 0.334 e. The van der Waals surface area contributed by atoms with E-state index in [1.165, 1.54) is 0 Å². The Morgan fingerprint density at radius 3 is 2.82 bits per heavy atom. The molecule has 0 aromatic rings. The monoisotopic (exact) mass is 245 g/mol. The maximum absolute atomic E-state index is 10.9. The van der Waals surface area contributed by atoms with Gasteiger partial charge in [-0.2, -0.15) is 0 Å². The zero-order chi connectivity index (χ0) is 13.1. The summed E-state index contributed by atoms with van der Waals surface area (Å²) in [7, 11) is 1.70. The molecule has 2 atom stereocenters. The number of morpholine rings is 1. The van der Waals surface area contributed by atoms with Gasteiger partial charge in [-0.15, -0.1) is 0 Å². The van der Waals surface area contributed by atoms with Crippen molar-refractivity contribution in [3.05, 3.63) is 0 Å². The highest BCUT2D eigenvalue weighted by atomic mass is 16.5. The fraction of sp³-hybridized carbons (Fsp3) is 0.917. The number of methoxy groups -OCH3 is 1. The van der Waals surface area contributed by atoms with Gasteiger partial charge in [-0.3, -0.25) is 4.90 Å². The Kier molecular flexibility index (Phi) is 4.91. The minimum absolute atomic E-state index is 0.184. The molecule has 0 spiro atoms. The van der Waals surface area contributed by atoms with Crippen molar-refractivity contribution in [1.82, 2.24) is 4.90 Å². The maximum Gasteiger partial charge on any atom is 0.334 e. The molecule has 0 aliphatic carbocycles. The van der Waals surface area contributed by atoms with Crippen LogP contribution in [0, 0.1) is 0 Å². The molecule has 0 aromatic heterocycles. The van der Waals surface area contributed by atoms with E-state index in [0.717, 1.165) is 13.0 Å². The lowest BCUT2D eigenvalue weighted by Gasteiger charge is -2.38. The van der Waals surface area contributed by atoms with Gasteiger partial charge in [-0.1, -0.05) is 0 Å². The fourth-order valence-electron chi connectivity index (χ4n) is 2.14. The molecular formula is C12H23NO4. The van der Waals surface area contributed by atoms with Gasteiger partial charge >= 0.3 is 5.97 Å². The molecule has 1 fully saturated rings. The number of hydrogen-bond acceptors (Lipinski definition) is 4. The normalized spacial score (nSPS) is 24.6. The van der Waals surface area contributed by atoms with Gasteiger partial charge in [0.15, 0.2) is 6.10 Å². The Bertz CT molecular complexity index is 267. The summed E-state index contributed by atoms with van der Waals surface area (Å²) in [6.45, 7) is 7.90. The first-order valence-corrected chi connectivity index (χ1v) is 5.99. The van der Waals surface area contributed by atoms with Crippen LogP contribution < -0.4 is 0 Å². The SMILES string of the molecule is COC(C)(C)CC(C)N1CCOC(C(=O)O)C1. The highest BCUT2D eigenvalue weighted by Crippen LogP contribution is 2.20. The minimum Gasteiger partial charge on any atom is -0.479 e. The summed E-state index contributed by atoms with van der Waals surface area (Å²) in [5.74, 6) is -0.882. The summed E-state index contributed by atoms with van der Waals surface area (Å²) in [6, 6.07) is 0.288. The van der Waals surface area contributed by atoms with Crippen LogP contribution in [0.2, 0.25) is 0 Å². The molecule has 1 aliphatic heterocycles. The molecule has 5 nitrogen and oxygen atoms in total. The Hall–Kier alpha value is -0.650. The quantitative estimate of drug-likeness (QED) is 0.782. The molecular weight excluding hydrogens is 222 g/mol. The van der Waals surface area contributed by atoms with Crippen molar-refractivity contribution in [2.24, 2.45) is 0 Å². The number of aliphatic carboxylic acids is 1. The first-order chi connectivity index (χ1) is 7.85. The summed E-state index contributed by atoms with van der Waals surface area (Å²) < 4.78 is 10.6. The molecule has 1 heterocycles. The number of hydrogen-bond donors (Lipinski definition) is 1. The van der Waals surface area contributed by atoms with Crippen molar-refractivity contribution in [3.8, 4) is 0 Å². The van der Waals surface area contributed by atoms with Crippen molar-refractivity contribution in [2.45, 2.75) is 44.9 Å². The number of carboxylic acid groups (broad SMARTS) is 1. The van der Waals surface area contributed by atoms with Gasteiger partial charge in [0.2, 0.25) is 0 Å². The van der Waals surface area contributed by atoms with Crippen molar-refractivity contribution in [3.63, 3.8) is 0 Å². The Morgan fingerprint density at radius 2 is 2.29 bits per heavy atom. The van der Waals surface area contributed by atoms with Crippen molar-refractivity contribution < 1.29 is 19.4 Å². The van der Waals surface area contributed by atoms with Crippen molar-refractivity contribution in [1.29, 1.82) is 0 Å². The molecule has 0 amide bonds. The average molecular weight is 245 g/mol. The lowest BCUT2D eigenvalue weighted by Crippen LogP contribution is -2.51. The lowest BCUT2D eigenvalue weighted by atomic mass is 9.98. The number of ether oxygens (including phenoxy) is 2. The first-order valence-electron chi connectivity index (χ1n) is 5.99. The molecule has 2 unspecified atom stereocenters. The van der Waals surface area contributed by atoms with Crippen LogP contribution in [0.4, 0.5) is 0 Å². The third kappa shape index (κ3) is 4.26. The van der Waals surface area contributed by atoms with Crippen LogP contribution >= 0.6 is 0 Å². The third-order valence-electron chi connectivity index (χ3n) is 3.34. The molecule has 0 saturated carbocycles. The van der Waals surface area contributed by atoms with Crippen LogP contribution in [0.3, 0.4) is 0 Å². The van der Waals surface area contributed by atoms with Gasteiger partial charge in [-0.25, -0.2) is 4.79 Å². The summed E-state index contributed by atoms with van der Waals surface area (Å²) in [6.07, 6.45) is 0.174. The van der Waals surface area contributed by atoms with Crippen LogP contribution in [-0.4, -0.2) is 60.5 Å². The number of nitrogens with zero attached hydrogens (tertiary/aromatic N) is 1. The van der Waals surface area contributed by atoms with E-state index >= 15 is 0 Å². The van der Waals surface area contributed by atoms with Crippen molar-refractivity contribution >= 4 is 5.97 Å². The van der Waals surface area contributed by atoms with Crippen LogP contribution in [0.1, 0.15) is 27.2 Å². The highest BCUT2D eigenvalue weighted by Gasteiger charge is 2.31. The van der Waals surface area contributed by atoms with Gasteiger partial charge in [0.1, 0.15) is 0 Å². The van der Waals surface area contributed by atoms with E-state index < -0.39 is 12.1 Å². The standard InChI is InChI=1S/C12H23NO4/c1-9(7-12(2,3)16-4)13-5-6-17-10(8-13)11(14)15/h9-10H,5-8H2,1-4H3,(H,14,15). The van der Waals surface area contributed by atoms with Gasteiger partial charge < -0.3 is 14.6 Å². The van der Waals surface area contributed by atoms with E-state index in [9.17, 15) is 4.79 Å². The van der Waals surface area contributed by atoms with Gasteiger partial charge in [-0.05, 0) is 27.2 Å². The molecule has 1 aliphatic rings. The summed E-state index contributed by atoms with van der Waals surface area (Å²) >= 11 is 0. The molecule has 5 heteroatoms. The Morgan fingerprint density at radius 1 is 1.65 bits per heavy atom. The van der Waals surface area contributed by atoms with E-state index in [1.54, 1.807) is 7.11 Å². The largest absolute Gasteiger partial charge is 0.479 e. The van der Waals surface area contributed by atoms with Gasteiger partial charge in [0, 0.05) is 26.2 Å². The highest BCUT2D eigenvalue weighted by molar-refractivity contribution is 5.72. The molecule has 1 N–H and O–H groups in total. The van der Waals surface area contributed by atoms with E-state index in [-0.39, 0.29) is 11.6 Å². The third-order valence-corrected chi connectivity index (χ3v) is 3.34. The van der Waals surface area contributed by atoms with E-state index in [2.05, 4.69) is 11.8 Å². The molecule has 0 aromatic carbocycles. The Balaban J connectivity index is 2.51. The summed E-state index contributed by atoms with van der Waals surface area (Å²) in [4.78, 5) is 13.0.